The third-order valence-electron chi connectivity index (χ3n) is 3.71. The van der Waals surface area contributed by atoms with Gasteiger partial charge in [0.25, 0.3) is 0 Å². The normalized spacial score (nSPS) is 8.09. The fourth-order valence-corrected chi connectivity index (χ4v) is 2.44. The molecule has 0 spiro atoms. The van der Waals surface area contributed by atoms with E-state index in [4.69, 9.17) is 0 Å². The third kappa shape index (κ3) is 45.0. The molecule has 0 bridgehead atoms. The summed E-state index contributed by atoms with van der Waals surface area (Å²) in [6, 6.07) is 0. The molecule has 0 radical (unpaired) electrons. The summed E-state index contributed by atoms with van der Waals surface area (Å²) in [6.45, 7) is 4.58. The maximum Gasteiger partial charge on any atom is -0.0533 e. The number of halogens is 3. The Bertz CT molecular complexity index is 128. The molecular weight excluding hydrogens is 353 g/mol. The van der Waals surface area contributed by atoms with Gasteiger partial charge in [-0.3, -0.25) is 0 Å². The molecule has 6 heteroatoms. The van der Waals surface area contributed by atoms with Crippen molar-refractivity contribution in [2.45, 2.75) is 110 Å². The molecule has 0 saturated carbocycles. The van der Waals surface area contributed by atoms with Crippen LogP contribution in [0.5, 0.6) is 0 Å². The van der Waals surface area contributed by atoms with Gasteiger partial charge in [-0.2, -0.15) is 0 Å². The third-order valence-corrected chi connectivity index (χ3v) is 3.71. The van der Waals surface area contributed by atoms with Gasteiger partial charge in [0.15, 0.2) is 0 Å². The standard InChI is InChI=1S/C17H36.3ClH.3H3N/c1-3-5-7-9-11-13-15-17-16-14-12-10-8-6-4-2;;;;;;/h3-17H2,1-2H3;3*1H;3*1H3. The lowest BCUT2D eigenvalue weighted by Gasteiger charge is -2.02. The molecule has 0 atom stereocenters. The average Bonchev–Trinajstić information content (AvgIpc) is 2.35. The van der Waals surface area contributed by atoms with Gasteiger partial charge in [0.1, 0.15) is 0 Å². The second kappa shape index (κ2) is 43.4. The van der Waals surface area contributed by atoms with Crippen molar-refractivity contribution in [2.75, 3.05) is 0 Å². The fourth-order valence-electron chi connectivity index (χ4n) is 2.44. The molecule has 0 aliphatic rings. The monoisotopic (exact) mass is 399 g/mol. The van der Waals surface area contributed by atoms with E-state index in [0.717, 1.165) is 0 Å². The number of unbranched alkanes of at least 4 members (excludes halogenated alkanes) is 14. The number of hydrogen-bond acceptors (Lipinski definition) is 3. The molecular formula is C17H48Cl3N3. The van der Waals surface area contributed by atoms with E-state index >= 15 is 0 Å². The SMILES string of the molecule is CCCCCCCCCCCCCCCCC.Cl.Cl.Cl.N.N.N. The molecule has 0 aromatic rings. The summed E-state index contributed by atoms with van der Waals surface area (Å²) in [6.07, 6.45) is 21.9. The summed E-state index contributed by atoms with van der Waals surface area (Å²) < 4.78 is 0. The summed E-state index contributed by atoms with van der Waals surface area (Å²) in [5.41, 5.74) is 0. The maximum absolute atomic E-state index is 2.29. The second-order valence-electron chi connectivity index (χ2n) is 5.60. The summed E-state index contributed by atoms with van der Waals surface area (Å²) in [5.74, 6) is 0. The molecule has 0 heterocycles. The van der Waals surface area contributed by atoms with Crippen LogP contribution >= 0.6 is 37.2 Å². The van der Waals surface area contributed by atoms with Gasteiger partial charge in [0.05, 0.1) is 0 Å². The zero-order valence-corrected chi connectivity index (χ0v) is 18.4. The van der Waals surface area contributed by atoms with Crippen molar-refractivity contribution >= 4 is 37.2 Å². The van der Waals surface area contributed by atoms with E-state index in [2.05, 4.69) is 13.8 Å². The first-order valence-corrected chi connectivity index (χ1v) is 8.41. The molecule has 152 valence electrons. The molecule has 0 aliphatic carbocycles. The summed E-state index contributed by atoms with van der Waals surface area (Å²) >= 11 is 0. The van der Waals surface area contributed by atoms with Crippen molar-refractivity contribution in [3.8, 4) is 0 Å². The molecule has 0 aromatic carbocycles. The highest BCUT2D eigenvalue weighted by Gasteiger charge is 1.93. The van der Waals surface area contributed by atoms with Crippen molar-refractivity contribution in [3.63, 3.8) is 0 Å². The van der Waals surface area contributed by atoms with Crippen LogP contribution in [-0.2, 0) is 0 Å². The maximum atomic E-state index is 2.29. The van der Waals surface area contributed by atoms with Gasteiger partial charge < -0.3 is 18.5 Å². The van der Waals surface area contributed by atoms with Crippen LogP contribution in [0.2, 0.25) is 0 Å². The summed E-state index contributed by atoms with van der Waals surface area (Å²) in [5, 5.41) is 0. The lowest BCUT2D eigenvalue weighted by molar-refractivity contribution is 0.534. The van der Waals surface area contributed by atoms with Crippen LogP contribution in [0.1, 0.15) is 110 Å². The van der Waals surface area contributed by atoms with E-state index in [0.29, 0.717) is 0 Å². The Labute approximate surface area is 165 Å². The van der Waals surface area contributed by atoms with Crippen molar-refractivity contribution < 1.29 is 0 Å². The molecule has 0 aliphatic heterocycles. The van der Waals surface area contributed by atoms with Crippen LogP contribution in [0, 0.1) is 0 Å². The van der Waals surface area contributed by atoms with Gasteiger partial charge in [-0.05, 0) is 0 Å². The Hall–Kier alpha value is 0.750. The molecule has 0 saturated heterocycles. The van der Waals surface area contributed by atoms with Crippen LogP contribution in [0.25, 0.3) is 0 Å². The van der Waals surface area contributed by atoms with Crippen LogP contribution in [0.3, 0.4) is 0 Å². The summed E-state index contributed by atoms with van der Waals surface area (Å²) in [4.78, 5) is 0. The van der Waals surface area contributed by atoms with Crippen LogP contribution in [0.4, 0.5) is 0 Å². The fraction of sp³-hybridized carbons (Fsp3) is 1.00. The largest absolute Gasteiger partial charge is 0.344 e. The molecule has 0 unspecified atom stereocenters. The molecule has 9 N–H and O–H groups in total. The molecule has 0 aromatic heterocycles. The first kappa shape index (κ1) is 43.8. The Morgan fingerprint density at radius 1 is 0.304 bits per heavy atom. The van der Waals surface area contributed by atoms with Gasteiger partial charge in [-0.25, -0.2) is 0 Å². The second-order valence-corrected chi connectivity index (χ2v) is 5.60. The van der Waals surface area contributed by atoms with Crippen molar-refractivity contribution in [1.29, 1.82) is 0 Å². The average molecular weight is 401 g/mol. The molecule has 23 heavy (non-hydrogen) atoms. The van der Waals surface area contributed by atoms with Crippen LogP contribution < -0.4 is 18.5 Å². The topological polar surface area (TPSA) is 105 Å². The van der Waals surface area contributed by atoms with E-state index in [9.17, 15) is 0 Å². The Balaban J connectivity index is -0.0000000853. The van der Waals surface area contributed by atoms with Crippen molar-refractivity contribution in [1.82, 2.24) is 18.5 Å². The number of rotatable bonds is 14. The zero-order valence-electron chi connectivity index (χ0n) is 16.0. The Kier molecular flexibility index (Phi) is 82.6. The van der Waals surface area contributed by atoms with Crippen molar-refractivity contribution in [3.05, 3.63) is 0 Å². The minimum absolute atomic E-state index is 0. The minimum atomic E-state index is 0. The van der Waals surface area contributed by atoms with Crippen LogP contribution in [-0.4, -0.2) is 0 Å². The predicted molar refractivity (Wildman–Crippen MR) is 117 cm³/mol. The first-order chi connectivity index (χ1) is 8.41. The highest BCUT2D eigenvalue weighted by Crippen LogP contribution is 2.13. The van der Waals surface area contributed by atoms with Gasteiger partial charge in [0, 0.05) is 0 Å². The highest BCUT2D eigenvalue weighted by molar-refractivity contribution is 5.86. The lowest BCUT2D eigenvalue weighted by Crippen LogP contribution is -1.82. The minimum Gasteiger partial charge on any atom is -0.344 e. The van der Waals surface area contributed by atoms with E-state index in [1.807, 2.05) is 0 Å². The molecule has 0 rings (SSSR count). The van der Waals surface area contributed by atoms with E-state index in [-0.39, 0.29) is 55.7 Å². The van der Waals surface area contributed by atoms with E-state index in [1.54, 1.807) is 0 Å². The zero-order chi connectivity index (χ0) is 12.6. The van der Waals surface area contributed by atoms with Gasteiger partial charge >= 0.3 is 0 Å². The summed E-state index contributed by atoms with van der Waals surface area (Å²) in [7, 11) is 0. The quantitative estimate of drug-likeness (QED) is 0.254. The van der Waals surface area contributed by atoms with Gasteiger partial charge in [-0.1, -0.05) is 110 Å². The molecule has 0 amide bonds. The van der Waals surface area contributed by atoms with Crippen molar-refractivity contribution in [2.24, 2.45) is 0 Å². The molecule has 0 fully saturated rings. The first-order valence-electron chi connectivity index (χ1n) is 8.41. The Morgan fingerprint density at radius 2 is 0.435 bits per heavy atom. The van der Waals surface area contributed by atoms with Gasteiger partial charge in [0.2, 0.25) is 0 Å². The van der Waals surface area contributed by atoms with E-state index in [1.165, 1.54) is 96.3 Å². The smallest absolute Gasteiger partial charge is 0.0533 e. The Morgan fingerprint density at radius 3 is 0.565 bits per heavy atom. The number of hydrogen-bond donors (Lipinski definition) is 3. The molecule has 3 nitrogen and oxygen atoms in total. The van der Waals surface area contributed by atoms with Gasteiger partial charge in [-0.15, -0.1) is 37.2 Å². The van der Waals surface area contributed by atoms with E-state index < -0.39 is 0 Å². The predicted octanol–water partition coefficient (Wildman–Crippen LogP) is 8.63. The highest BCUT2D eigenvalue weighted by atomic mass is 35.5. The lowest BCUT2D eigenvalue weighted by atomic mass is 10.0. The van der Waals surface area contributed by atoms with Crippen LogP contribution in [0.15, 0.2) is 0 Å².